The maximum absolute atomic E-state index is 5.46. The maximum atomic E-state index is 5.46. The zero-order chi connectivity index (χ0) is 9.52. The summed E-state index contributed by atoms with van der Waals surface area (Å²) in [6.45, 7) is 4.48. The van der Waals surface area contributed by atoms with Gasteiger partial charge in [-0.05, 0) is 12.5 Å². The number of ether oxygens (including phenoxy) is 1. The van der Waals surface area contributed by atoms with Crippen molar-refractivity contribution in [2.75, 3.05) is 18.9 Å². The molecule has 0 bridgehead atoms. The van der Waals surface area contributed by atoms with Crippen LogP contribution in [0, 0.1) is 0 Å². The lowest BCUT2D eigenvalue weighted by Gasteiger charge is -2.02. The van der Waals surface area contributed by atoms with Crippen LogP contribution < -0.4 is 5.73 Å². The lowest BCUT2D eigenvalue weighted by Crippen LogP contribution is -2.07. The van der Waals surface area contributed by atoms with Crippen molar-refractivity contribution in [2.24, 2.45) is 0 Å². The molecule has 0 radical (unpaired) electrons. The third kappa shape index (κ3) is 3.94. The van der Waals surface area contributed by atoms with Gasteiger partial charge in [0.2, 0.25) is 0 Å². The van der Waals surface area contributed by atoms with Gasteiger partial charge in [-0.1, -0.05) is 13.3 Å². The van der Waals surface area contributed by atoms with Crippen LogP contribution in [0.1, 0.15) is 19.8 Å². The number of hydrogen-bond acceptors (Lipinski definition) is 3. The topological polar surface area (TPSA) is 53.1 Å². The van der Waals surface area contributed by atoms with Crippen LogP contribution in [0.25, 0.3) is 0 Å². The van der Waals surface area contributed by atoms with Crippen molar-refractivity contribution < 1.29 is 4.74 Å². The van der Waals surface area contributed by atoms with Crippen molar-refractivity contribution in [2.45, 2.75) is 26.3 Å². The minimum absolute atomic E-state index is 0.563. The number of nitrogens with two attached hydrogens (primary N) is 1. The Hall–Kier alpha value is -1.03. The molecule has 2 N–H and O–H groups in total. The number of nitrogen functional groups attached to an aromatic ring is 1. The summed E-state index contributed by atoms with van der Waals surface area (Å²) in [7, 11) is 0. The molecule has 0 aliphatic carbocycles. The quantitative estimate of drug-likeness (QED) is 0.676. The standard InChI is InChI=1S/C9H17N3O/c1-2-3-7-13-8-6-12-5-4-9(10)11-12/h4-5H,2-3,6-8H2,1H3,(H2,10,11). The molecule has 74 valence electrons. The van der Waals surface area contributed by atoms with Gasteiger partial charge in [-0.2, -0.15) is 5.10 Å². The zero-order valence-corrected chi connectivity index (χ0v) is 8.07. The fraction of sp³-hybridized carbons (Fsp3) is 0.667. The molecular formula is C9H17N3O. The van der Waals surface area contributed by atoms with E-state index in [0.717, 1.165) is 19.6 Å². The third-order valence-electron chi connectivity index (χ3n) is 1.77. The number of hydrogen-bond donors (Lipinski definition) is 1. The largest absolute Gasteiger partial charge is 0.382 e. The molecule has 0 unspecified atom stereocenters. The molecule has 0 aliphatic heterocycles. The summed E-state index contributed by atoms with van der Waals surface area (Å²) in [5, 5.41) is 4.04. The molecule has 13 heavy (non-hydrogen) atoms. The molecule has 1 aromatic rings. The van der Waals surface area contributed by atoms with Gasteiger partial charge < -0.3 is 10.5 Å². The van der Waals surface area contributed by atoms with Gasteiger partial charge >= 0.3 is 0 Å². The Kier molecular flexibility index (Phi) is 4.32. The van der Waals surface area contributed by atoms with Crippen LogP contribution in [-0.4, -0.2) is 23.0 Å². The lowest BCUT2D eigenvalue weighted by atomic mass is 10.4. The van der Waals surface area contributed by atoms with Crippen LogP contribution in [0.3, 0.4) is 0 Å². The molecule has 1 rings (SSSR count). The van der Waals surface area contributed by atoms with Crippen molar-refractivity contribution in [1.29, 1.82) is 0 Å². The minimum Gasteiger partial charge on any atom is -0.382 e. The minimum atomic E-state index is 0.563. The summed E-state index contributed by atoms with van der Waals surface area (Å²) in [5.41, 5.74) is 5.46. The molecule has 0 spiro atoms. The Labute approximate surface area is 78.7 Å². The highest BCUT2D eigenvalue weighted by atomic mass is 16.5. The number of anilines is 1. The fourth-order valence-electron chi connectivity index (χ4n) is 1.01. The van der Waals surface area contributed by atoms with Gasteiger partial charge in [0.15, 0.2) is 0 Å². The number of rotatable bonds is 6. The summed E-state index contributed by atoms with van der Waals surface area (Å²) in [6.07, 6.45) is 4.16. The Balaban J connectivity index is 2.06. The summed E-state index contributed by atoms with van der Waals surface area (Å²) in [4.78, 5) is 0. The first-order valence-corrected chi connectivity index (χ1v) is 4.69. The predicted octanol–water partition coefficient (Wildman–Crippen LogP) is 1.28. The van der Waals surface area contributed by atoms with E-state index in [9.17, 15) is 0 Å². The molecule has 0 atom stereocenters. The molecule has 0 fully saturated rings. The molecule has 4 heteroatoms. The molecule has 0 saturated heterocycles. The molecule has 1 heterocycles. The van der Waals surface area contributed by atoms with Crippen molar-refractivity contribution >= 4 is 5.82 Å². The molecule has 4 nitrogen and oxygen atoms in total. The summed E-state index contributed by atoms with van der Waals surface area (Å²) in [6, 6.07) is 1.78. The van der Waals surface area contributed by atoms with Crippen LogP contribution in [0.2, 0.25) is 0 Å². The van der Waals surface area contributed by atoms with Gasteiger partial charge in [0.1, 0.15) is 5.82 Å². The van der Waals surface area contributed by atoms with Crippen LogP contribution in [-0.2, 0) is 11.3 Å². The van der Waals surface area contributed by atoms with E-state index in [0.29, 0.717) is 12.4 Å². The van der Waals surface area contributed by atoms with Crippen LogP contribution >= 0.6 is 0 Å². The number of unbranched alkanes of at least 4 members (excludes halogenated alkanes) is 1. The first-order valence-electron chi connectivity index (χ1n) is 4.69. The second-order valence-electron chi connectivity index (χ2n) is 2.97. The molecular weight excluding hydrogens is 166 g/mol. The van der Waals surface area contributed by atoms with E-state index >= 15 is 0 Å². The van der Waals surface area contributed by atoms with Gasteiger partial charge in [0, 0.05) is 12.8 Å². The third-order valence-corrected chi connectivity index (χ3v) is 1.77. The highest BCUT2D eigenvalue weighted by molar-refractivity contribution is 5.23. The van der Waals surface area contributed by atoms with E-state index in [2.05, 4.69) is 12.0 Å². The van der Waals surface area contributed by atoms with Crippen molar-refractivity contribution in [1.82, 2.24) is 9.78 Å². The monoisotopic (exact) mass is 183 g/mol. The molecule has 0 saturated carbocycles. The van der Waals surface area contributed by atoms with E-state index in [-0.39, 0.29) is 0 Å². The zero-order valence-electron chi connectivity index (χ0n) is 8.07. The van der Waals surface area contributed by atoms with E-state index in [1.807, 2.05) is 6.20 Å². The fourth-order valence-corrected chi connectivity index (χ4v) is 1.01. The normalized spacial score (nSPS) is 10.5. The van der Waals surface area contributed by atoms with E-state index in [1.54, 1.807) is 10.7 Å². The van der Waals surface area contributed by atoms with Crippen molar-refractivity contribution in [3.8, 4) is 0 Å². The lowest BCUT2D eigenvalue weighted by molar-refractivity contribution is 0.121. The Morgan fingerprint density at radius 1 is 1.54 bits per heavy atom. The van der Waals surface area contributed by atoms with Gasteiger partial charge in [-0.25, -0.2) is 0 Å². The first kappa shape index (κ1) is 10.1. The van der Waals surface area contributed by atoms with Gasteiger partial charge in [-0.3, -0.25) is 4.68 Å². The number of nitrogens with zero attached hydrogens (tertiary/aromatic N) is 2. The second-order valence-corrected chi connectivity index (χ2v) is 2.97. The molecule has 0 aliphatic rings. The van der Waals surface area contributed by atoms with Gasteiger partial charge in [-0.15, -0.1) is 0 Å². The summed E-state index contributed by atoms with van der Waals surface area (Å²) >= 11 is 0. The summed E-state index contributed by atoms with van der Waals surface area (Å²) in [5.74, 6) is 0.563. The highest BCUT2D eigenvalue weighted by Crippen LogP contribution is 1.95. The molecule has 0 amide bonds. The van der Waals surface area contributed by atoms with E-state index in [1.165, 1.54) is 6.42 Å². The van der Waals surface area contributed by atoms with Gasteiger partial charge in [0.25, 0.3) is 0 Å². The maximum Gasteiger partial charge on any atom is 0.145 e. The average Bonchev–Trinajstić information content (AvgIpc) is 2.51. The van der Waals surface area contributed by atoms with Crippen LogP contribution in [0.15, 0.2) is 12.3 Å². The molecule has 0 aromatic carbocycles. The Morgan fingerprint density at radius 3 is 3.00 bits per heavy atom. The van der Waals surface area contributed by atoms with E-state index < -0.39 is 0 Å². The van der Waals surface area contributed by atoms with Gasteiger partial charge in [0.05, 0.1) is 13.2 Å². The molecule has 1 aromatic heterocycles. The average molecular weight is 183 g/mol. The SMILES string of the molecule is CCCCOCCn1ccc(N)n1. The number of aromatic nitrogens is 2. The second kappa shape index (κ2) is 5.59. The Bertz CT molecular complexity index is 235. The smallest absolute Gasteiger partial charge is 0.145 e. The van der Waals surface area contributed by atoms with Crippen molar-refractivity contribution in [3.63, 3.8) is 0 Å². The highest BCUT2D eigenvalue weighted by Gasteiger charge is 1.93. The Morgan fingerprint density at radius 2 is 2.38 bits per heavy atom. The van der Waals surface area contributed by atoms with Crippen LogP contribution in [0.5, 0.6) is 0 Å². The van der Waals surface area contributed by atoms with Crippen molar-refractivity contribution in [3.05, 3.63) is 12.3 Å². The van der Waals surface area contributed by atoms with Crippen LogP contribution in [0.4, 0.5) is 5.82 Å². The predicted molar refractivity (Wildman–Crippen MR) is 52.4 cm³/mol. The van der Waals surface area contributed by atoms with E-state index in [4.69, 9.17) is 10.5 Å². The first-order chi connectivity index (χ1) is 6.33. The summed E-state index contributed by atoms with van der Waals surface area (Å²) < 4.78 is 7.18.